The number of anilines is 1. The molecule has 0 saturated heterocycles. The fraction of sp³-hybridized carbons (Fsp3) is 0.235. The summed E-state index contributed by atoms with van der Waals surface area (Å²) in [5.74, 6) is -0.475. The summed E-state index contributed by atoms with van der Waals surface area (Å²) in [7, 11) is -2.34. The first-order valence-corrected chi connectivity index (χ1v) is 8.74. The van der Waals surface area contributed by atoms with Crippen LogP contribution in [-0.2, 0) is 14.8 Å². The van der Waals surface area contributed by atoms with Crippen LogP contribution in [0, 0.1) is 6.92 Å². The molecule has 1 N–H and O–H groups in total. The lowest BCUT2D eigenvalue weighted by molar-refractivity contribution is -0.136. The molecule has 2 aromatic rings. The van der Waals surface area contributed by atoms with Crippen LogP contribution in [-0.4, -0.2) is 33.1 Å². The van der Waals surface area contributed by atoms with E-state index in [0.717, 1.165) is 9.87 Å². The molecule has 7 heteroatoms. The predicted molar refractivity (Wildman–Crippen MR) is 91.0 cm³/mol. The Balaban J connectivity index is 2.43. The van der Waals surface area contributed by atoms with Crippen molar-refractivity contribution in [2.45, 2.75) is 18.2 Å². The summed E-state index contributed by atoms with van der Waals surface area (Å²) in [5.41, 5.74) is 1.33. The lowest BCUT2D eigenvalue weighted by Gasteiger charge is -2.24. The molecule has 2 rings (SSSR count). The Labute approximate surface area is 141 Å². The lowest BCUT2D eigenvalue weighted by Crippen LogP contribution is -2.33. The lowest BCUT2D eigenvalue weighted by atomic mass is 10.2. The zero-order valence-electron chi connectivity index (χ0n) is 13.5. The van der Waals surface area contributed by atoms with Gasteiger partial charge in [-0.3, -0.25) is 9.10 Å². The largest absolute Gasteiger partial charge is 0.497 e. The third kappa shape index (κ3) is 4.05. The van der Waals surface area contributed by atoms with Gasteiger partial charge in [0.1, 0.15) is 5.75 Å². The van der Waals surface area contributed by atoms with Crippen molar-refractivity contribution < 1.29 is 23.1 Å². The first kappa shape index (κ1) is 17.8. The molecule has 0 atom stereocenters. The Morgan fingerprint density at radius 3 is 2.17 bits per heavy atom. The topological polar surface area (TPSA) is 83.9 Å². The Morgan fingerprint density at radius 1 is 1.08 bits per heavy atom. The van der Waals surface area contributed by atoms with Crippen LogP contribution >= 0.6 is 0 Å². The van der Waals surface area contributed by atoms with Gasteiger partial charge in [-0.15, -0.1) is 0 Å². The van der Waals surface area contributed by atoms with Gasteiger partial charge in [0.2, 0.25) is 0 Å². The van der Waals surface area contributed by atoms with Gasteiger partial charge in [0.15, 0.2) is 0 Å². The van der Waals surface area contributed by atoms with Crippen LogP contribution in [0.5, 0.6) is 5.75 Å². The number of carbonyl (C=O) groups is 1. The van der Waals surface area contributed by atoms with Crippen molar-refractivity contribution in [3.63, 3.8) is 0 Å². The van der Waals surface area contributed by atoms with Crippen molar-refractivity contribution in [1.82, 2.24) is 0 Å². The van der Waals surface area contributed by atoms with Crippen LogP contribution in [0.3, 0.4) is 0 Å². The molecule has 0 amide bonds. The zero-order chi connectivity index (χ0) is 17.7. The molecule has 0 aliphatic carbocycles. The smallest absolute Gasteiger partial charge is 0.305 e. The van der Waals surface area contributed by atoms with Gasteiger partial charge >= 0.3 is 5.97 Å². The number of hydrogen-bond donors (Lipinski definition) is 1. The second-order valence-electron chi connectivity index (χ2n) is 5.23. The number of ether oxygens (including phenoxy) is 1. The average Bonchev–Trinajstić information content (AvgIpc) is 2.55. The van der Waals surface area contributed by atoms with Gasteiger partial charge < -0.3 is 9.84 Å². The zero-order valence-corrected chi connectivity index (χ0v) is 14.3. The van der Waals surface area contributed by atoms with E-state index in [1.54, 1.807) is 36.4 Å². The number of methoxy groups -OCH3 is 1. The average molecular weight is 349 g/mol. The number of benzene rings is 2. The molecule has 0 aliphatic heterocycles. The van der Waals surface area contributed by atoms with Gasteiger partial charge in [0.25, 0.3) is 10.0 Å². The van der Waals surface area contributed by atoms with Gasteiger partial charge in [-0.1, -0.05) is 17.7 Å². The van der Waals surface area contributed by atoms with Crippen LogP contribution in [0.15, 0.2) is 53.4 Å². The summed E-state index contributed by atoms with van der Waals surface area (Å²) in [5, 5.41) is 8.92. The van der Waals surface area contributed by atoms with E-state index < -0.39 is 16.0 Å². The number of aryl methyl sites for hydroxylation is 1. The summed E-state index contributed by atoms with van der Waals surface area (Å²) < 4.78 is 32.0. The SMILES string of the molecule is COc1ccc(N(CCC(=O)O)S(=O)(=O)c2ccc(C)cc2)cc1. The van der Waals surface area contributed by atoms with Crippen molar-refractivity contribution in [1.29, 1.82) is 0 Å². The first-order valence-electron chi connectivity index (χ1n) is 7.30. The molecule has 0 fully saturated rings. The Bertz CT molecular complexity index is 798. The molecule has 0 spiro atoms. The Kier molecular flexibility index (Phi) is 5.46. The first-order chi connectivity index (χ1) is 11.3. The second-order valence-corrected chi connectivity index (χ2v) is 7.09. The van der Waals surface area contributed by atoms with Crippen molar-refractivity contribution in [3.8, 4) is 5.75 Å². The van der Waals surface area contributed by atoms with Crippen LogP contribution in [0.25, 0.3) is 0 Å². The van der Waals surface area contributed by atoms with Gasteiger partial charge in [-0.25, -0.2) is 8.42 Å². The van der Waals surface area contributed by atoms with E-state index in [9.17, 15) is 13.2 Å². The highest BCUT2D eigenvalue weighted by atomic mass is 32.2. The summed E-state index contributed by atoms with van der Waals surface area (Å²) in [6, 6.07) is 12.9. The normalized spacial score (nSPS) is 11.1. The molecular formula is C17H19NO5S. The Hall–Kier alpha value is -2.54. The predicted octanol–water partition coefficient (Wildman–Crippen LogP) is 2.67. The minimum Gasteiger partial charge on any atom is -0.497 e. The summed E-state index contributed by atoms with van der Waals surface area (Å²) >= 11 is 0. The van der Waals surface area contributed by atoms with Gasteiger partial charge in [-0.05, 0) is 43.3 Å². The fourth-order valence-electron chi connectivity index (χ4n) is 2.17. The number of sulfonamides is 1. The minimum atomic E-state index is -3.86. The highest BCUT2D eigenvalue weighted by Gasteiger charge is 2.25. The molecule has 0 radical (unpaired) electrons. The maximum absolute atomic E-state index is 12.9. The van der Waals surface area contributed by atoms with Crippen LogP contribution < -0.4 is 9.04 Å². The summed E-state index contributed by atoms with van der Waals surface area (Å²) in [6.07, 6.45) is -0.295. The standard InChI is InChI=1S/C17H19NO5S/c1-13-3-9-16(10-4-13)24(21,22)18(12-11-17(19)20)14-5-7-15(23-2)8-6-14/h3-10H,11-12H2,1-2H3,(H,19,20). The van der Waals surface area contributed by atoms with E-state index in [-0.39, 0.29) is 17.9 Å². The van der Waals surface area contributed by atoms with E-state index in [0.29, 0.717) is 11.4 Å². The van der Waals surface area contributed by atoms with Gasteiger partial charge in [-0.2, -0.15) is 0 Å². The second kappa shape index (κ2) is 7.35. The maximum atomic E-state index is 12.9. The van der Waals surface area contributed by atoms with Crippen molar-refractivity contribution in [2.24, 2.45) is 0 Å². The van der Waals surface area contributed by atoms with Gasteiger partial charge in [0, 0.05) is 6.54 Å². The summed E-state index contributed by atoms with van der Waals surface area (Å²) in [6.45, 7) is 1.71. The molecule has 0 saturated carbocycles. The summed E-state index contributed by atoms with van der Waals surface area (Å²) in [4.78, 5) is 11.0. The van der Waals surface area contributed by atoms with Crippen LogP contribution in [0.4, 0.5) is 5.69 Å². The third-order valence-electron chi connectivity index (χ3n) is 3.50. The molecule has 0 unspecified atom stereocenters. The quantitative estimate of drug-likeness (QED) is 0.831. The molecule has 0 aliphatic rings. The molecule has 0 heterocycles. The number of aliphatic carboxylic acids is 1. The monoisotopic (exact) mass is 349 g/mol. The number of nitrogens with zero attached hydrogens (tertiary/aromatic N) is 1. The molecule has 0 bridgehead atoms. The molecule has 6 nitrogen and oxygen atoms in total. The van der Waals surface area contributed by atoms with Crippen molar-refractivity contribution in [2.75, 3.05) is 18.0 Å². The Morgan fingerprint density at radius 2 is 1.67 bits per heavy atom. The van der Waals surface area contributed by atoms with Crippen molar-refractivity contribution in [3.05, 3.63) is 54.1 Å². The molecule has 24 heavy (non-hydrogen) atoms. The fourth-order valence-corrected chi connectivity index (χ4v) is 3.64. The molecule has 128 valence electrons. The van der Waals surface area contributed by atoms with E-state index in [4.69, 9.17) is 9.84 Å². The molecule has 2 aromatic carbocycles. The number of hydrogen-bond acceptors (Lipinski definition) is 4. The van der Waals surface area contributed by atoms with E-state index >= 15 is 0 Å². The minimum absolute atomic E-state index is 0.120. The van der Waals surface area contributed by atoms with Crippen molar-refractivity contribution >= 4 is 21.7 Å². The number of carboxylic acids is 1. The molecular weight excluding hydrogens is 330 g/mol. The molecule has 0 aromatic heterocycles. The van der Waals surface area contributed by atoms with E-state index in [1.165, 1.54) is 19.2 Å². The number of carboxylic acid groups (broad SMARTS) is 1. The maximum Gasteiger partial charge on any atom is 0.305 e. The third-order valence-corrected chi connectivity index (χ3v) is 5.34. The van der Waals surface area contributed by atoms with E-state index in [1.807, 2.05) is 6.92 Å². The number of rotatable bonds is 7. The highest BCUT2D eigenvalue weighted by Crippen LogP contribution is 2.26. The van der Waals surface area contributed by atoms with Crippen LogP contribution in [0.2, 0.25) is 0 Å². The van der Waals surface area contributed by atoms with Gasteiger partial charge in [0.05, 0.1) is 24.1 Å². The highest BCUT2D eigenvalue weighted by molar-refractivity contribution is 7.92. The van der Waals surface area contributed by atoms with E-state index in [2.05, 4.69) is 0 Å². The van der Waals surface area contributed by atoms with Crippen LogP contribution in [0.1, 0.15) is 12.0 Å².